The van der Waals surface area contributed by atoms with Gasteiger partial charge < -0.3 is 20.1 Å². The van der Waals surface area contributed by atoms with Gasteiger partial charge >= 0.3 is 5.97 Å². The van der Waals surface area contributed by atoms with Gasteiger partial charge in [-0.2, -0.15) is 0 Å². The van der Waals surface area contributed by atoms with Crippen LogP contribution in [0.25, 0.3) is 0 Å². The number of ether oxygens (including phenoxy) is 1. The van der Waals surface area contributed by atoms with Crippen molar-refractivity contribution in [3.05, 3.63) is 41.4 Å². The van der Waals surface area contributed by atoms with E-state index in [-0.39, 0.29) is 36.9 Å². The molecule has 1 fully saturated rings. The lowest BCUT2D eigenvalue weighted by atomic mass is 9.69. The lowest BCUT2D eigenvalue weighted by Crippen LogP contribution is -2.52. The highest BCUT2D eigenvalue weighted by Gasteiger charge is 2.59. The van der Waals surface area contributed by atoms with E-state index in [1.165, 1.54) is 4.90 Å². The van der Waals surface area contributed by atoms with Crippen molar-refractivity contribution in [1.82, 2.24) is 4.90 Å². The number of anilines is 1. The SMILES string of the molecule is CCC[C@@H]1C=C[C@H]2[C@@H](C(=O)N([C@@H](CO)[C@@H](C)CC)[C@@H]2C(=O)Nc2ccccc2Cl)[C@@H]1C(=O)OCC. The number of amides is 2. The molecule has 8 heteroatoms. The van der Waals surface area contributed by atoms with Crippen molar-refractivity contribution in [2.24, 2.45) is 29.6 Å². The number of hydrogen-bond acceptors (Lipinski definition) is 5. The maximum atomic E-state index is 14.0. The van der Waals surface area contributed by atoms with Gasteiger partial charge in [0, 0.05) is 5.92 Å². The largest absolute Gasteiger partial charge is 0.466 e. The van der Waals surface area contributed by atoms with Gasteiger partial charge in [0.15, 0.2) is 0 Å². The van der Waals surface area contributed by atoms with Gasteiger partial charge in [0.2, 0.25) is 11.8 Å². The Morgan fingerprint density at radius 2 is 1.91 bits per heavy atom. The van der Waals surface area contributed by atoms with E-state index in [0.29, 0.717) is 10.7 Å². The number of allylic oxidation sites excluding steroid dienone is 1. The number of rotatable bonds is 10. The molecular formula is C27H37ClN2O5. The molecule has 0 bridgehead atoms. The average molecular weight is 505 g/mol. The first-order valence-corrected chi connectivity index (χ1v) is 13.0. The molecule has 1 aromatic rings. The number of fused-ring (bicyclic) bond motifs is 1. The first-order chi connectivity index (χ1) is 16.8. The summed E-state index contributed by atoms with van der Waals surface area (Å²) in [6.45, 7) is 7.67. The molecule has 2 N–H and O–H groups in total. The van der Waals surface area contributed by atoms with Crippen molar-refractivity contribution in [2.75, 3.05) is 18.5 Å². The number of halogens is 1. The summed E-state index contributed by atoms with van der Waals surface area (Å²) in [7, 11) is 0. The molecule has 7 atom stereocenters. The van der Waals surface area contributed by atoms with Gasteiger partial charge in [0.25, 0.3) is 0 Å². The Morgan fingerprint density at radius 1 is 1.20 bits per heavy atom. The Bertz CT molecular complexity index is 951. The Hall–Kier alpha value is -2.38. The number of likely N-dealkylation sites (tertiary alicyclic amines) is 1. The van der Waals surface area contributed by atoms with E-state index < -0.39 is 35.8 Å². The quantitative estimate of drug-likeness (QED) is 0.366. The summed E-state index contributed by atoms with van der Waals surface area (Å²) >= 11 is 6.28. The Labute approximate surface area is 212 Å². The molecule has 0 unspecified atom stereocenters. The number of hydrogen-bond donors (Lipinski definition) is 2. The predicted molar refractivity (Wildman–Crippen MR) is 136 cm³/mol. The van der Waals surface area contributed by atoms with Gasteiger partial charge in [0.05, 0.1) is 41.8 Å². The predicted octanol–water partition coefficient (Wildman–Crippen LogP) is 4.29. The van der Waals surface area contributed by atoms with Gasteiger partial charge in [0.1, 0.15) is 6.04 Å². The van der Waals surface area contributed by atoms with E-state index in [1.807, 2.05) is 32.9 Å². The molecule has 0 saturated carbocycles. The van der Waals surface area contributed by atoms with Gasteiger partial charge in [-0.1, -0.05) is 69.5 Å². The molecule has 0 radical (unpaired) electrons. The number of para-hydroxylation sites is 1. The zero-order valence-corrected chi connectivity index (χ0v) is 21.7. The highest BCUT2D eigenvalue weighted by molar-refractivity contribution is 6.33. The van der Waals surface area contributed by atoms with Crippen LogP contribution in [0.5, 0.6) is 0 Å². The molecule has 1 aliphatic carbocycles. The van der Waals surface area contributed by atoms with E-state index >= 15 is 0 Å². The van der Waals surface area contributed by atoms with E-state index in [0.717, 1.165) is 19.3 Å². The number of nitrogens with one attached hydrogen (secondary N) is 1. The number of aliphatic hydroxyl groups excluding tert-OH is 1. The third-order valence-electron chi connectivity index (χ3n) is 7.47. The van der Waals surface area contributed by atoms with Crippen LogP contribution in [-0.4, -0.2) is 53.1 Å². The Balaban J connectivity index is 2.08. The highest BCUT2D eigenvalue weighted by atomic mass is 35.5. The lowest BCUT2D eigenvalue weighted by Gasteiger charge is -2.36. The first-order valence-electron chi connectivity index (χ1n) is 12.6. The summed E-state index contributed by atoms with van der Waals surface area (Å²) in [6.07, 6.45) is 6.19. The van der Waals surface area contributed by atoms with Crippen LogP contribution in [0.1, 0.15) is 47.0 Å². The lowest BCUT2D eigenvalue weighted by molar-refractivity contribution is -0.156. The van der Waals surface area contributed by atoms with Crippen LogP contribution >= 0.6 is 11.6 Å². The number of esters is 1. The van der Waals surface area contributed by atoms with E-state index in [9.17, 15) is 19.5 Å². The molecule has 1 aromatic carbocycles. The molecule has 1 heterocycles. The fraction of sp³-hybridized carbons (Fsp3) is 0.593. The fourth-order valence-electron chi connectivity index (χ4n) is 5.55. The molecule has 0 spiro atoms. The molecule has 0 aromatic heterocycles. The maximum absolute atomic E-state index is 14.0. The minimum atomic E-state index is -0.884. The second kappa shape index (κ2) is 12.0. The summed E-state index contributed by atoms with van der Waals surface area (Å²) < 4.78 is 5.40. The minimum absolute atomic E-state index is 0.0452. The minimum Gasteiger partial charge on any atom is -0.466 e. The fourth-order valence-corrected chi connectivity index (χ4v) is 5.74. The Kier molecular flexibility index (Phi) is 9.36. The van der Waals surface area contributed by atoms with Crippen LogP contribution < -0.4 is 5.32 Å². The van der Waals surface area contributed by atoms with Crippen LogP contribution in [0.3, 0.4) is 0 Å². The van der Waals surface area contributed by atoms with Gasteiger partial charge in [-0.15, -0.1) is 0 Å². The van der Waals surface area contributed by atoms with Crippen molar-refractivity contribution in [2.45, 2.75) is 59.0 Å². The number of aliphatic hydroxyl groups is 1. The summed E-state index contributed by atoms with van der Waals surface area (Å²) in [5.74, 6) is -3.19. The molecule has 1 aliphatic heterocycles. The first kappa shape index (κ1) is 27.2. The second-order valence-electron chi connectivity index (χ2n) is 9.51. The Morgan fingerprint density at radius 3 is 2.51 bits per heavy atom. The maximum Gasteiger partial charge on any atom is 0.310 e. The van der Waals surface area contributed by atoms with Gasteiger partial charge in [-0.25, -0.2) is 0 Å². The topological polar surface area (TPSA) is 95.9 Å². The van der Waals surface area contributed by atoms with Crippen molar-refractivity contribution in [1.29, 1.82) is 0 Å². The molecule has 192 valence electrons. The third-order valence-corrected chi connectivity index (χ3v) is 7.80. The van der Waals surface area contributed by atoms with Crippen LogP contribution in [0.2, 0.25) is 5.02 Å². The van der Waals surface area contributed by atoms with Gasteiger partial charge in [-0.3, -0.25) is 14.4 Å². The smallest absolute Gasteiger partial charge is 0.310 e. The van der Waals surface area contributed by atoms with Crippen molar-refractivity contribution >= 4 is 35.1 Å². The molecule has 2 amide bonds. The zero-order valence-electron chi connectivity index (χ0n) is 20.9. The number of carbonyl (C=O) groups is 3. The standard InChI is InChI=1S/C27H37ClN2O5/c1-5-10-17-13-14-18-23(22(17)27(34)35-7-3)26(33)30(21(15-31)16(4)6-2)24(18)25(32)29-20-12-9-8-11-19(20)28/h8-9,11-14,16-18,21-24,31H,5-7,10,15H2,1-4H3,(H,29,32)/t16-,17+,18-,21-,22+,23+,24-/m0/s1. The monoisotopic (exact) mass is 504 g/mol. The molecule has 7 nitrogen and oxygen atoms in total. The number of benzene rings is 1. The zero-order chi connectivity index (χ0) is 25.7. The van der Waals surface area contributed by atoms with Crippen molar-refractivity contribution < 1.29 is 24.2 Å². The van der Waals surface area contributed by atoms with E-state index in [4.69, 9.17) is 16.3 Å². The summed E-state index contributed by atoms with van der Waals surface area (Å²) in [5.41, 5.74) is 0.449. The molecule has 3 rings (SSSR count). The van der Waals surface area contributed by atoms with Crippen molar-refractivity contribution in [3.8, 4) is 0 Å². The third kappa shape index (κ3) is 5.41. The molecular weight excluding hydrogens is 468 g/mol. The average Bonchev–Trinajstić information content (AvgIpc) is 3.13. The van der Waals surface area contributed by atoms with Crippen molar-refractivity contribution in [3.63, 3.8) is 0 Å². The van der Waals surface area contributed by atoms with Crippen LogP contribution in [0.4, 0.5) is 5.69 Å². The molecule has 2 aliphatic rings. The van der Waals surface area contributed by atoms with Crippen LogP contribution in [-0.2, 0) is 19.1 Å². The number of carbonyl (C=O) groups excluding carboxylic acids is 3. The van der Waals surface area contributed by atoms with E-state index in [2.05, 4.69) is 5.32 Å². The second-order valence-corrected chi connectivity index (χ2v) is 9.92. The molecule has 1 saturated heterocycles. The summed E-state index contributed by atoms with van der Waals surface area (Å²) in [4.78, 5) is 42.4. The van der Waals surface area contributed by atoms with Gasteiger partial charge in [-0.05, 0) is 37.3 Å². The summed E-state index contributed by atoms with van der Waals surface area (Å²) in [5, 5.41) is 13.6. The highest BCUT2D eigenvalue weighted by Crippen LogP contribution is 2.47. The van der Waals surface area contributed by atoms with Crippen LogP contribution in [0.15, 0.2) is 36.4 Å². The number of nitrogens with zero attached hydrogens (tertiary/aromatic N) is 1. The summed E-state index contributed by atoms with van der Waals surface area (Å²) in [6, 6.07) is 5.48. The van der Waals surface area contributed by atoms with Crippen LogP contribution in [0, 0.1) is 29.6 Å². The molecule has 35 heavy (non-hydrogen) atoms. The van der Waals surface area contributed by atoms with E-state index in [1.54, 1.807) is 31.2 Å². The normalized spacial score (nSPS) is 27.3.